The highest BCUT2D eigenvalue weighted by molar-refractivity contribution is 6.58. The van der Waals surface area contributed by atoms with Crippen LogP contribution in [0.15, 0.2) is 10.1 Å². The number of hydrogen-bond donors (Lipinski definition) is 0. The van der Waals surface area contributed by atoms with Gasteiger partial charge in [-0.25, -0.2) is 0 Å². The molecule has 0 N–H and O–H groups in total. The second-order valence-corrected chi connectivity index (χ2v) is 6.96. The quantitative estimate of drug-likeness (QED) is 0.506. The fraction of sp³-hybridized carbons (Fsp3) is 0.636. The van der Waals surface area contributed by atoms with Gasteiger partial charge in [-0.2, -0.15) is 0 Å². The van der Waals surface area contributed by atoms with E-state index in [0.717, 1.165) is 0 Å². The maximum absolute atomic E-state index is 12.3. The predicted molar refractivity (Wildman–Crippen MR) is 66.2 cm³/mol. The number of hydrogen-bond acceptors (Lipinski definition) is 3. The summed E-state index contributed by atoms with van der Waals surface area (Å²) in [5.41, 5.74) is -2.38. The molecule has 0 aromatic carbocycles. The number of rotatable bonds is 0. The van der Waals surface area contributed by atoms with Gasteiger partial charge in [0.2, 0.25) is 11.6 Å². The Bertz CT molecular complexity index is 512. The summed E-state index contributed by atoms with van der Waals surface area (Å²) in [5, 5.41) is -1.24. The van der Waals surface area contributed by atoms with E-state index in [-0.39, 0.29) is 32.7 Å². The standard InChI is InChI=1S/C11H6Cl4O3/c12-4-2-1-3(5(4)13)11-9(17)7(15)6(14)8(16)10(2,11)18-11/h2-5H,1H2. The van der Waals surface area contributed by atoms with Crippen LogP contribution < -0.4 is 0 Å². The molecular weight excluding hydrogens is 322 g/mol. The largest absolute Gasteiger partial charge is 0.344 e. The molecule has 6 unspecified atom stereocenters. The molecule has 2 bridgehead atoms. The van der Waals surface area contributed by atoms with Crippen molar-refractivity contribution in [2.45, 2.75) is 28.4 Å². The van der Waals surface area contributed by atoms with Crippen molar-refractivity contribution in [2.24, 2.45) is 11.8 Å². The third kappa shape index (κ3) is 0.880. The molecule has 3 aliphatic carbocycles. The Morgan fingerprint density at radius 3 is 1.72 bits per heavy atom. The number of carbonyl (C=O) groups excluding carboxylic acids is 2. The minimum Gasteiger partial charge on any atom is -0.344 e. The summed E-state index contributed by atoms with van der Waals surface area (Å²) in [4.78, 5) is 24.6. The summed E-state index contributed by atoms with van der Waals surface area (Å²) in [6.45, 7) is 0. The van der Waals surface area contributed by atoms with Crippen LogP contribution in [0.2, 0.25) is 0 Å². The average Bonchev–Trinajstić information content (AvgIpc) is 2.89. The highest BCUT2D eigenvalue weighted by atomic mass is 35.5. The van der Waals surface area contributed by atoms with Gasteiger partial charge >= 0.3 is 0 Å². The van der Waals surface area contributed by atoms with Gasteiger partial charge in [-0.3, -0.25) is 9.59 Å². The third-order valence-electron chi connectivity index (χ3n) is 4.72. The third-order valence-corrected chi connectivity index (χ3v) is 6.82. The minimum atomic E-state index is -1.19. The Balaban J connectivity index is 1.96. The van der Waals surface area contributed by atoms with E-state index in [4.69, 9.17) is 51.1 Å². The van der Waals surface area contributed by atoms with E-state index in [1.165, 1.54) is 0 Å². The fourth-order valence-electron chi connectivity index (χ4n) is 3.98. The van der Waals surface area contributed by atoms with Crippen molar-refractivity contribution in [3.05, 3.63) is 10.1 Å². The molecule has 1 aliphatic heterocycles. The Morgan fingerprint density at radius 1 is 0.944 bits per heavy atom. The van der Waals surface area contributed by atoms with Crippen LogP contribution in [0.4, 0.5) is 0 Å². The molecule has 1 heterocycles. The highest BCUT2D eigenvalue weighted by Gasteiger charge is 2.93. The van der Waals surface area contributed by atoms with E-state index >= 15 is 0 Å². The molecule has 3 nitrogen and oxygen atoms in total. The van der Waals surface area contributed by atoms with Gasteiger partial charge in [-0.15, -0.1) is 23.2 Å². The Morgan fingerprint density at radius 2 is 1.33 bits per heavy atom. The fourth-order valence-corrected chi connectivity index (χ4v) is 5.34. The summed E-state index contributed by atoms with van der Waals surface area (Å²) in [5.74, 6) is -1.37. The molecule has 4 rings (SSSR count). The van der Waals surface area contributed by atoms with Crippen LogP contribution in [0, 0.1) is 11.8 Å². The molecular formula is C11H6Cl4O3. The number of Topliss-reactive ketones (excluding diaryl/α,β-unsaturated/α-hetero) is 2. The number of fused-ring (bicyclic) bond motifs is 2. The molecule has 3 fully saturated rings. The average molecular weight is 328 g/mol. The van der Waals surface area contributed by atoms with Crippen molar-refractivity contribution in [1.29, 1.82) is 0 Å². The maximum Gasteiger partial charge on any atom is 0.211 e. The zero-order valence-corrected chi connectivity index (χ0v) is 11.8. The van der Waals surface area contributed by atoms with E-state index in [1.807, 2.05) is 0 Å². The monoisotopic (exact) mass is 326 g/mol. The van der Waals surface area contributed by atoms with Gasteiger partial charge in [0.15, 0.2) is 11.2 Å². The van der Waals surface area contributed by atoms with Crippen molar-refractivity contribution in [3.8, 4) is 0 Å². The first kappa shape index (κ1) is 12.0. The van der Waals surface area contributed by atoms with Crippen molar-refractivity contribution < 1.29 is 14.3 Å². The summed E-state index contributed by atoms with van der Waals surface area (Å²) < 4.78 is 5.60. The lowest BCUT2D eigenvalue weighted by atomic mass is 9.71. The molecule has 4 aliphatic rings. The maximum atomic E-state index is 12.3. The van der Waals surface area contributed by atoms with Crippen LogP contribution in [-0.4, -0.2) is 33.5 Å². The smallest absolute Gasteiger partial charge is 0.211 e. The van der Waals surface area contributed by atoms with Crippen LogP contribution in [0.3, 0.4) is 0 Å². The molecule has 96 valence electrons. The second kappa shape index (κ2) is 3.09. The van der Waals surface area contributed by atoms with E-state index < -0.39 is 22.8 Å². The number of epoxide rings is 1. The van der Waals surface area contributed by atoms with E-state index in [0.29, 0.717) is 6.42 Å². The topological polar surface area (TPSA) is 46.7 Å². The summed E-state index contributed by atoms with van der Waals surface area (Å²) in [6.07, 6.45) is 0.605. The van der Waals surface area contributed by atoms with Gasteiger partial charge in [0, 0.05) is 11.8 Å². The molecule has 1 saturated heterocycles. The molecule has 18 heavy (non-hydrogen) atoms. The van der Waals surface area contributed by atoms with Crippen molar-refractivity contribution in [3.63, 3.8) is 0 Å². The molecule has 6 atom stereocenters. The van der Waals surface area contributed by atoms with E-state index in [1.54, 1.807) is 0 Å². The van der Waals surface area contributed by atoms with Crippen LogP contribution in [0.25, 0.3) is 0 Å². The van der Waals surface area contributed by atoms with Gasteiger partial charge in [0.05, 0.1) is 10.8 Å². The highest BCUT2D eigenvalue weighted by Crippen LogP contribution is 2.76. The first-order valence-corrected chi connectivity index (χ1v) is 7.15. The van der Waals surface area contributed by atoms with Gasteiger partial charge in [-0.1, -0.05) is 23.2 Å². The number of ether oxygens (including phenoxy) is 1. The summed E-state index contributed by atoms with van der Waals surface area (Å²) >= 11 is 24.1. The van der Waals surface area contributed by atoms with E-state index in [9.17, 15) is 9.59 Å². The Kier molecular flexibility index (Phi) is 2.06. The van der Waals surface area contributed by atoms with Crippen LogP contribution in [0.1, 0.15) is 6.42 Å². The van der Waals surface area contributed by atoms with Gasteiger partial charge in [0.25, 0.3) is 0 Å². The number of carbonyl (C=O) groups is 2. The molecule has 7 heteroatoms. The van der Waals surface area contributed by atoms with Gasteiger partial charge in [-0.05, 0) is 6.42 Å². The number of alkyl halides is 2. The zero-order chi connectivity index (χ0) is 13.0. The van der Waals surface area contributed by atoms with Crippen molar-refractivity contribution in [2.75, 3.05) is 0 Å². The number of halogens is 4. The molecule has 0 amide bonds. The summed E-state index contributed by atoms with van der Waals surface area (Å²) in [7, 11) is 0. The Labute approximate surface area is 122 Å². The lowest BCUT2D eigenvalue weighted by Gasteiger charge is -2.31. The molecule has 0 aromatic rings. The van der Waals surface area contributed by atoms with Gasteiger partial charge in [0.1, 0.15) is 10.1 Å². The van der Waals surface area contributed by atoms with Crippen molar-refractivity contribution >= 4 is 58.0 Å². The zero-order valence-electron chi connectivity index (χ0n) is 8.75. The van der Waals surface area contributed by atoms with Crippen LogP contribution >= 0.6 is 46.4 Å². The Hall–Kier alpha value is 0.200. The second-order valence-electron chi connectivity index (χ2n) is 5.20. The predicted octanol–water partition coefficient (Wildman–Crippen LogP) is 2.20. The molecule has 2 saturated carbocycles. The lowest BCUT2D eigenvalue weighted by Crippen LogP contribution is -2.53. The normalized spacial score (nSPS) is 56.9. The molecule has 0 radical (unpaired) electrons. The SMILES string of the molecule is O=C1C(Cl)=C(Cl)C(=O)C23OC12C1CC3C(Cl)C1Cl. The summed E-state index contributed by atoms with van der Waals surface area (Å²) in [6, 6.07) is 0. The van der Waals surface area contributed by atoms with Crippen LogP contribution in [-0.2, 0) is 14.3 Å². The minimum absolute atomic E-state index is 0.239. The van der Waals surface area contributed by atoms with E-state index in [2.05, 4.69) is 0 Å². The van der Waals surface area contributed by atoms with Crippen LogP contribution in [0.5, 0.6) is 0 Å². The molecule has 0 aromatic heterocycles. The first-order chi connectivity index (χ1) is 8.39. The van der Waals surface area contributed by atoms with Gasteiger partial charge < -0.3 is 4.74 Å². The molecule has 0 spiro atoms. The first-order valence-electron chi connectivity index (χ1n) is 5.52. The van der Waals surface area contributed by atoms with Crippen molar-refractivity contribution in [1.82, 2.24) is 0 Å². The number of ketones is 2. The lowest BCUT2D eigenvalue weighted by molar-refractivity contribution is -0.125.